The molecular formula is C19H18N2O3S. The van der Waals surface area contributed by atoms with Crippen LogP contribution >= 0.6 is 11.3 Å². The number of phenolic OH excluding ortho intramolecular Hbond substituents is 1. The van der Waals surface area contributed by atoms with E-state index in [4.69, 9.17) is 5.11 Å². The third-order valence-corrected chi connectivity index (χ3v) is 4.97. The van der Waals surface area contributed by atoms with E-state index in [0.29, 0.717) is 11.4 Å². The maximum absolute atomic E-state index is 11.0. The van der Waals surface area contributed by atoms with E-state index in [1.807, 2.05) is 31.2 Å². The van der Waals surface area contributed by atoms with Crippen LogP contribution in [0.2, 0.25) is 0 Å². The number of aromatic nitrogens is 1. The van der Waals surface area contributed by atoms with E-state index in [0.717, 1.165) is 28.4 Å². The minimum absolute atomic E-state index is 0.258. The zero-order valence-electron chi connectivity index (χ0n) is 13.7. The number of carboxylic acid groups (broad SMARTS) is 1. The summed E-state index contributed by atoms with van der Waals surface area (Å²) in [7, 11) is 0. The van der Waals surface area contributed by atoms with Gasteiger partial charge in [0.15, 0.2) is 0 Å². The number of para-hydroxylation sites is 2. The minimum atomic E-state index is -0.922. The molecule has 0 radical (unpaired) electrons. The van der Waals surface area contributed by atoms with Crippen molar-refractivity contribution in [2.45, 2.75) is 13.5 Å². The van der Waals surface area contributed by atoms with Crippen LogP contribution in [0, 0.1) is 0 Å². The molecule has 2 aromatic heterocycles. The zero-order valence-corrected chi connectivity index (χ0v) is 14.5. The highest BCUT2D eigenvalue weighted by Crippen LogP contribution is 2.29. The van der Waals surface area contributed by atoms with Gasteiger partial charge < -0.3 is 15.1 Å². The normalized spacial score (nSPS) is 10.6. The lowest BCUT2D eigenvalue weighted by Gasteiger charge is -2.24. The van der Waals surface area contributed by atoms with Gasteiger partial charge in [0.1, 0.15) is 10.6 Å². The molecule has 6 heteroatoms. The third-order valence-electron chi connectivity index (χ3n) is 3.87. The number of pyridine rings is 1. The van der Waals surface area contributed by atoms with Crippen molar-refractivity contribution in [3.8, 4) is 16.3 Å². The van der Waals surface area contributed by atoms with Crippen LogP contribution in [0.25, 0.3) is 10.6 Å². The summed E-state index contributed by atoms with van der Waals surface area (Å²) in [5, 5.41) is 19.0. The lowest BCUT2D eigenvalue weighted by atomic mass is 10.2. The van der Waals surface area contributed by atoms with E-state index in [9.17, 15) is 9.90 Å². The van der Waals surface area contributed by atoms with E-state index < -0.39 is 5.97 Å². The van der Waals surface area contributed by atoms with Gasteiger partial charge in [0.05, 0.1) is 16.3 Å². The molecule has 3 rings (SSSR count). The molecule has 0 saturated carbocycles. The van der Waals surface area contributed by atoms with Gasteiger partial charge >= 0.3 is 5.97 Å². The van der Waals surface area contributed by atoms with Gasteiger partial charge in [0.2, 0.25) is 0 Å². The molecule has 5 nitrogen and oxygen atoms in total. The average molecular weight is 354 g/mol. The van der Waals surface area contributed by atoms with Crippen molar-refractivity contribution in [3.05, 3.63) is 65.2 Å². The van der Waals surface area contributed by atoms with Crippen LogP contribution in [0.5, 0.6) is 5.75 Å². The summed E-state index contributed by atoms with van der Waals surface area (Å²) in [6.45, 7) is 3.42. The smallest absolute Gasteiger partial charge is 0.345 e. The fourth-order valence-electron chi connectivity index (χ4n) is 2.57. The first-order chi connectivity index (χ1) is 12.1. The van der Waals surface area contributed by atoms with E-state index in [2.05, 4.69) is 9.88 Å². The predicted octanol–water partition coefficient (Wildman–Crippen LogP) is 4.24. The highest BCUT2D eigenvalue weighted by atomic mass is 32.1. The van der Waals surface area contributed by atoms with Gasteiger partial charge in [-0.3, -0.25) is 4.98 Å². The number of anilines is 1. The van der Waals surface area contributed by atoms with Crippen LogP contribution < -0.4 is 4.90 Å². The Bertz CT molecular complexity index is 874. The summed E-state index contributed by atoms with van der Waals surface area (Å²) in [6, 6.07) is 14.5. The highest BCUT2D eigenvalue weighted by molar-refractivity contribution is 7.17. The van der Waals surface area contributed by atoms with Crippen molar-refractivity contribution in [3.63, 3.8) is 0 Å². The number of phenols is 1. The summed E-state index contributed by atoms with van der Waals surface area (Å²) < 4.78 is 0. The molecule has 0 fully saturated rings. The van der Waals surface area contributed by atoms with E-state index in [1.165, 1.54) is 11.3 Å². The van der Waals surface area contributed by atoms with E-state index >= 15 is 0 Å². The Morgan fingerprint density at radius 2 is 1.96 bits per heavy atom. The second-order valence-electron chi connectivity index (χ2n) is 5.52. The third kappa shape index (κ3) is 3.80. The summed E-state index contributed by atoms with van der Waals surface area (Å²) in [5.41, 5.74) is 2.56. The van der Waals surface area contributed by atoms with Gasteiger partial charge in [0, 0.05) is 19.3 Å². The van der Waals surface area contributed by atoms with Crippen LogP contribution in [0.1, 0.15) is 22.2 Å². The van der Waals surface area contributed by atoms with Crippen molar-refractivity contribution in [1.29, 1.82) is 0 Å². The monoisotopic (exact) mass is 354 g/mol. The Morgan fingerprint density at radius 3 is 2.56 bits per heavy atom. The predicted molar refractivity (Wildman–Crippen MR) is 99.3 cm³/mol. The molecule has 128 valence electrons. The molecule has 0 bridgehead atoms. The van der Waals surface area contributed by atoms with Crippen molar-refractivity contribution in [2.24, 2.45) is 0 Å². The molecule has 0 aliphatic carbocycles. The number of thiophene rings is 1. The molecule has 0 saturated heterocycles. The molecule has 1 aromatic carbocycles. The summed E-state index contributed by atoms with van der Waals surface area (Å²) in [5.74, 6) is -0.664. The highest BCUT2D eigenvalue weighted by Gasteiger charge is 2.11. The maximum Gasteiger partial charge on any atom is 0.345 e. The fraction of sp³-hybridized carbons (Fsp3) is 0.158. The van der Waals surface area contributed by atoms with Crippen molar-refractivity contribution in [2.75, 3.05) is 11.4 Å². The molecule has 25 heavy (non-hydrogen) atoms. The lowest BCUT2D eigenvalue weighted by Crippen LogP contribution is -2.22. The van der Waals surface area contributed by atoms with Gasteiger partial charge in [-0.05, 0) is 42.8 Å². The number of rotatable bonds is 6. The number of carbonyl (C=O) groups is 1. The van der Waals surface area contributed by atoms with Gasteiger partial charge in [-0.25, -0.2) is 4.79 Å². The van der Waals surface area contributed by atoms with Crippen molar-refractivity contribution < 1.29 is 15.0 Å². The Labute approximate surface area is 149 Å². The first-order valence-electron chi connectivity index (χ1n) is 7.90. The van der Waals surface area contributed by atoms with Crippen LogP contribution in [-0.2, 0) is 6.54 Å². The Morgan fingerprint density at radius 1 is 1.16 bits per heavy atom. The van der Waals surface area contributed by atoms with Gasteiger partial charge in [-0.15, -0.1) is 11.3 Å². The fourth-order valence-corrected chi connectivity index (χ4v) is 3.40. The minimum Gasteiger partial charge on any atom is -0.506 e. The summed E-state index contributed by atoms with van der Waals surface area (Å²) >= 11 is 1.21. The molecule has 0 amide bonds. The topological polar surface area (TPSA) is 73.7 Å². The summed E-state index contributed by atoms with van der Waals surface area (Å²) in [4.78, 5) is 18.6. The number of hydrogen-bond donors (Lipinski definition) is 2. The van der Waals surface area contributed by atoms with Gasteiger partial charge in [-0.1, -0.05) is 18.2 Å². The van der Waals surface area contributed by atoms with Gasteiger partial charge in [-0.2, -0.15) is 0 Å². The second kappa shape index (κ2) is 7.36. The Kier molecular flexibility index (Phi) is 5.00. The standard InChI is InChI=1S/C19H18N2O3S/c1-2-21(15-5-3-4-6-16(15)22)12-13-7-8-14(20-11-13)17-9-10-18(25-17)19(23)24/h3-11,22H,2,12H2,1H3,(H,23,24). The number of aromatic hydroxyl groups is 1. The van der Waals surface area contributed by atoms with Crippen LogP contribution in [0.15, 0.2) is 54.7 Å². The number of benzene rings is 1. The SMILES string of the molecule is CCN(Cc1ccc(-c2ccc(C(=O)O)s2)nc1)c1ccccc1O. The summed E-state index contributed by atoms with van der Waals surface area (Å²) in [6.07, 6.45) is 1.79. The van der Waals surface area contributed by atoms with E-state index in [1.54, 1.807) is 30.5 Å². The van der Waals surface area contributed by atoms with E-state index in [-0.39, 0.29) is 5.75 Å². The number of nitrogens with zero attached hydrogens (tertiary/aromatic N) is 2. The number of carboxylic acids is 1. The Balaban J connectivity index is 1.77. The number of aromatic carboxylic acids is 1. The van der Waals surface area contributed by atoms with Crippen LogP contribution in [0.3, 0.4) is 0 Å². The number of hydrogen-bond acceptors (Lipinski definition) is 5. The Hall–Kier alpha value is -2.86. The molecule has 0 aliphatic heterocycles. The first-order valence-corrected chi connectivity index (χ1v) is 8.71. The molecule has 0 spiro atoms. The molecular weight excluding hydrogens is 336 g/mol. The first kappa shape index (κ1) is 17.0. The molecule has 2 N–H and O–H groups in total. The van der Waals surface area contributed by atoms with Crippen molar-refractivity contribution >= 4 is 23.0 Å². The maximum atomic E-state index is 11.0. The quantitative estimate of drug-likeness (QED) is 0.692. The van der Waals surface area contributed by atoms with Gasteiger partial charge in [0.25, 0.3) is 0 Å². The second-order valence-corrected chi connectivity index (χ2v) is 6.61. The average Bonchev–Trinajstić information content (AvgIpc) is 3.11. The van der Waals surface area contributed by atoms with Crippen molar-refractivity contribution in [1.82, 2.24) is 4.98 Å². The lowest BCUT2D eigenvalue weighted by molar-refractivity contribution is 0.0702. The molecule has 0 aliphatic rings. The zero-order chi connectivity index (χ0) is 17.8. The molecule has 0 atom stereocenters. The van der Waals surface area contributed by atoms with Crippen LogP contribution in [-0.4, -0.2) is 27.7 Å². The largest absolute Gasteiger partial charge is 0.506 e. The molecule has 0 unspecified atom stereocenters. The molecule has 3 aromatic rings. The van der Waals surface area contributed by atoms with Crippen LogP contribution in [0.4, 0.5) is 5.69 Å². The molecule has 2 heterocycles.